The van der Waals surface area contributed by atoms with Crippen LogP contribution in [0.25, 0.3) is 0 Å². The Kier molecular flexibility index (Phi) is 3.84. The van der Waals surface area contributed by atoms with Crippen LogP contribution in [0.5, 0.6) is 0 Å². The quantitative estimate of drug-likeness (QED) is 0.637. The van der Waals surface area contributed by atoms with Crippen LogP contribution in [0.4, 0.5) is 0 Å². The molecule has 6 nitrogen and oxygen atoms in total. The molecule has 6 heteroatoms. The molecule has 2 atom stereocenters. The highest BCUT2D eigenvalue weighted by atomic mass is 16.4. The maximum absolute atomic E-state index is 11.8. The zero-order valence-electron chi connectivity index (χ0n) is 10.1. The van der Waals surface area contributed by atoms with Gasteiger partial charge in [-0.25, -0.2) is 0 Å². The predicted molar refractivity (Wildman–Crippen MR) is 62.6 cm³/mol. The summed E-state index contributed by atoms with van der Waals surface area (Å²) in [6, 6.07) is 0.271. The van der Waals surface area contributed by atoms with Crippen molar-refractivity contribution < 1.29 is 19.5 Å². The van der Waals surface area contributed by atoms with E-state index in [4.69, 9.17) is 5.11 Å². The largest absolute Gasteiger partial charge is 0.481 e. The summed E-state index contributed by atoms with van der Waals surface area (Å²) in [5.74, 6) is -2.52. The molecule has 2 rings (SSSR count). The van der Waals surface area contributed by atoms with E-state index in [1.807, 2.05) is 0 Å². The number of carbonyl (C=O) groups is 3. The molecule has 0 radical (unpaired) electrons. The smallest absolute Gasteiger partial charge is 0.307 e. The number of carbonyl (C=O) groups excluding carboxylic acids is 2. The summed E-state index contributed by atoms with van der Waals surface area (Å²) < 4.78 is 0. The normalized spacial score (nSPS) is 26.7. The molecule has 0 aromatic heterocycles. The summed E-state index contributed by atoms with van der Waals surface area (Å²) in [5.41, 5.74) is 0. The second-order valence-electron chi connectivity index (χ2n) is 5.04. The number of amides is 2. The minimum atomic E-state index is -0.921. The van der Waals surface area contributed by atoms with E-state index in [9.17, 15) is 14.4 Å². The van der Waals surface area contributed by atoms with Crippen LogP contribution < -0.4 is 10.6 Å². The van der Waals surface area contributed by atoms with E-state index in [0.29, 0.717) is 12.8 Å². The van der Waals surface area contributed by atoms with E-state index < -0.39 is 17.8 Å². The van der Waals surface area contributed by atoms with Gasteiger partial charge in [0.15, 0.2) is 0 Å². The lowest BCUT2D eigenvalue weighted by molar-refractivity contribution is -0.146. The third-order valence-electron chi connectivity index (χ3n) is 3.54. The van der Waals surface area contributed by atoms with E-state index >= 15 is 0 Å². The third kappa shape index (κ3) is 3.21. The highest BCUT2D eigenvalue weighted by Gasteiger charge is 2.37. The van der Waals surface area contributed by atoms with Crippen molar-refractivity contribution in [3.05, 3.63) is 0 Å². The molecule has 2 fully saturated rings. The van der Waals surface area contributed by atoms with Crippen molar-refractivity contribution in [2.24, 2.45) is 11.8 Å². The van der Waals surface area contributed by atoms with Gasteiger partial charge in [0.05, 0.1) is 18.4 Å². The number of nitrogens with one attached hydrogen (secondary N) is 2. The van der Waals surface area contributed by atoms with Gasteiger partial charge in [0.25, 0.3) is 0 Å². The van der Waals surface area contributed by atoms with Crippen LogP contribution in [0.1, 0.15) is 32.1 Å². The Labute approximate surface area is 105 Å². The molecule has 2 aliphatic rings. The standard InChI is InChI=1S/C12H18N2O4/c15-10(14-7-4-5-7)6-13-11(16)8-2-1-3-9(8)12(17)18/h7-9H,1-6H2,(H,13,16)(H,14,15)(H,17,18)/t8-,9+/m1/s1. The minimum absolute atomic E-state index is 0.0574. The van der Waals surface area contributed by atoms with Crippen LogP contribution in [-0.4, -0.2) is 35.5 Å². The van der Waals surface area contributed by atoms with Gasteiger partial charge in [-0.15, -0.1) is 0 Å². The van der Waals surface area contributed by atoms with E-state index in [1.54, 1.807) is 0 Å². The molecule has 0 heterocycles. The summed E-state index contributed by atoms with van der Waals surface area (Å²) >= 11 is 0. The molecule has 2 saturated carbocycles. The fraction of sp³-hybridized carbons (Fsp3) is 0.750. The monoisotopic (exact) mass is 254 g/mol. The average Bonchev–Trinajstić information content (AvgIpc) is 2.98. The molecular weight excluding hydrogens is 236 g/mol. The first-order valence-corrected chi connectivity index (χ1v) is 6.38. The summed E-state index contributed by atoms with van der Waals surface area (Å²) in [4.78, 5) is 34.1. The van der Waals surface area contributed by atoms with Gasteiger partial charge in [0.2, 0.25) is 11.8 Å². The van der Waals surface area contributed by atoms with Gasteiger partial charge >= 0.3 is 5.97 Å². The third-order valence-corrected chi connectivity index (χ3v) is 3.54. The highest BCUT2D eigenvalue weighted by molar-refractivity contribution is 5.89. The topological polar surface area (TPSA) is 95.5 Å². The maximum atomic E-state index is 11.8. The fourth-order valence-corrected chi connectivity index (χ4v) is 2.37. The second-order valence-corrected chi connectivity index (χ2v) is 5.04. The van der Waals surface area contributed by atoms with Crippen molar-refractivity contribution in [3.63, 3.8) is 0 Å². The molecule has 18 heavy (non-hydrogen) atoms. The van der Waals surface area contributed by atoms with Crippen LogP contribution in [-0.2, 0) is 14.4 Å². The molecule has 0 aromatic rings. The predicted octanol–water partition coefficient (Wildman–Crippen LogP) is -0.118. The van der Waals surface area contributed by atoms with E-state index in [2.05, 4.69) is 10.6 Å². The van der Waals surface area contributed by atoms with Crippen LogP contribution >= 0.6 is 0 Å². The van der Waals surface area contributed by atoms with E-state index in [1.165, 1.54) is 0 Å². The summed E-state index contributed by atoms with van der Waals surface area (Å²) in [6.45, 7) is -0.0574. The zero-order valence-corrected chi connectivity index (χ0v) is 10.1. The molecule has 0 aliphatic heterocycles. The summed E-state index contributed by atoms with van der Waals surface area (Å²) in [5, 5.41) is 14.3. The first kappa shape index (κ1) is 12.9. The first-order valence-electron chi connectivity index (χ1n) is 6.38. The Morgan fingerprint density at radius 3 is 2.33 bits per heavy atom. The average molecular weight is 254 g/mol. The molecule has 0 saturated heterocycles. The van der Waals surface area contributed by atoms with Gasteiger partial charge in [-0.05, 0) is 25.7 Å². The SMILES string of the molecule is O=C(CNC(=O)[C@@H]1CCC[C@@H]1C(=O)O)NC1CC1. The minimum Gasteiger partial charge on any atom is -0.481 e. The molecule has 0 unspecified atom stereocenters. The van der Waals surface area contributed by atoms with Crippen molar-refractivity contribution in [2.45, 2.75) is 38.1 Å². The number of rotatable bonds is 5. The van der Waals surface area contributed by atoms with E-state index in [-0.39, 0.29) is 24.4 Å². The Morgan fingerprint density at radius 2 is 1.72 bits per heavy atom. The van der Waals surface area contributed by atoms with Gasteiger partial charge in [-0.1, -0.05) is 6.42 Å². The highest BCUT2D eigenvalue weighted by Crippen LogP contribution is 2.31. The molecular formula is C12H18N2O4. The second kappa shape index (κ2) is 5.37. The number of carboxylic acid groups (broad SMARTS) is 1. The lowest BCUT2D eigenvalue weighted by atomic mass is 9.95. The van der Waals surface area contributed by atoms with Crippen molar-refractivity contribution >= 4 is 17.8 Å². The van der Waals surface area contributed by atoms with Crippen LogP contribution in [0.3, 0.4) is 0 Å². The van der Waals surface area contributed by atoms with Gasteiger partial charge in [0, 0.05) is 6.04 Å². The van der Waals surface area contributed by atoms with Gasteiger partial charge in [-0.2, -0.15) is 0 Å². The van der Waals surface area contributed by atoms with Gasteiger partial charge in [0.1, 0.15) is 0 Å². The van der Waals surface area contributed by atoms with Gasteiger partial charge < -0.3 is 15.7 Å². The first-order chi connectivity index (χ1) is 8.58. The number of aliphatic carboxylic acids is 1. The van der Waals surface area contributed by atoms with Crippen molar-refractivity contribution in [3.8, 4) is 0 Å². The number of hydrogen-bond acceptors (Lipinski definition) is 3. The zero-order chi connectivity index (χ0) is 13.1. The van der Waals surface area contributed by atoms with Crippen LogP contribution in [0, 0.1) is 11.8 Å². The molecule has 0 spiro atoms. The van der Waals surface area contributed by atoms with Crippen molar-refractivity contribution in [2.75, 3.05) is 6.54 Å². The summed E-state index contributed by atoms with van der Waals surface area (Å²) in [7, 11) is 0. The fourth-order valence-electron chi connectivity index (χ4n) is 2.37. The molecule has 100 valence electrons. The maximum Gasteiger partial charge on any atom is 0.307 e. The van der Waals surface area contributed by atoms with Crippen molar-refractivity contribution in [1.29, 1.82) is 0 Å². The van der Waals surface area contributed by atoms with E-state index in [0.717, 1.165) is 19.3 Å². The molecule has 0 bridgehead atoms. The molecule has 3 N–H and O–H groups in total. The molecule has 2 aliphatic carbocycles. The van der Waals surface area contributed by atoms with Crippen LogP contribution in [0.15, 0.2) is 0 Å². The Morgan fingerprint density at radius 1 is 1.06 bits per heavy atom. The molecule has 2 amide bonds. The Bertz CT molecular complexity index is 365. The number of hydrogen-bond donors (Lipinski definition) is 3. The van der Waals surface area contributed by atoms with Crippen LogP contribution in [0.2, 0.25) is 0 Å². The van der Waals surface area contributed by atoms with Crippen molar-refractivity contribution in [1.82, 2.24) is 10.6 Å². The van der Waals surface area contributed by atoms with Gasteiger partial charge in [-0.3, -0.25) is 14.4 Å². The Balaban J connectivity index is 1.76. The summed E-state index contributed by atoms with van der Waals surface area (Å²) in [6.07, 6.45) is 3.89. The lowest BCUT2D eigenvalue weighted by Crippen LogP contribution is -2.41. The Hall–Kier alpha value is -1.59. The lowest BCUT2D eigenvalue weighted by Gasteiger charge is -2.15. The molecule has 0 aromatic carbocycles. The number of carboxylic acids is 1.